The molecule has 2 aromatic rings. The lowest BCUT2D eigenvalue weighted by molar-refractivity contribution is 0.593. The van der Waals surface area contributed by atoms with Crippen molar-refractivity contribution in [1.29, 1.82) is 0 Å². The number of aromatic nitrogens is 1. The van der Waals surface area contributed by atoms with Crippen molar-refractivity contribution in [2.24, 2.45) is 0 Å². The standard InChI is InChI=1S/C13H16N2O2S2/c1-10-11(2)18-13(14-10)15(3)19(16,17)9-12-7-5-4-6-8-12/h4-8H,9H2,1-3H3. The van der Waals surface area contributed by atoms with Crippen molar-refractivity contribution in [2.45, 2.75) is 19.6 Å². The topological polar surface area (TPSA) is 50.3 Å². The van der Waals surface area contributed by atoms with E-state index in [-0.39, 0.29) is 5.75 Å². The SMILES string of the molecule is Cc1nc(N(C)S(=O)(=O)Cc2ccccc2)sc1C. The van der Waals surface area contributed by atoms with Crippen LogP contribution in [0.3, 0.4) is 0 Å². The zero-order valence-electron chi connectivity index (χ0n) is 11.1. The smallest absolute Gasteiger partial charge is 0.240 e. The number of rotatable bonds is 4. The van der Waals surface area contributed by atoms with Crippen LogP contribution in [0.1, 0.15) is 16.1 Å². The number of aryl methyl sites for hydroxylation is 2. The second-order valence-corrected chi connectivity index (χ2v) is 7.53. The van der Waals surface area contributed by atoms with Gasteiger partial charge in [0.05, 0.1) is 11.4 Å². The van der Waals surface area contributed by atoms with Crippen molar-refractivity contribution in [3.05, 3.63) is 46.5 Å². The maximum absolute atomic E-state index is 12.3. The fourth-order valence-corrected chi connectivity index (χ4v) is 3.91. The van der Waals surface area contributed by atoms with Crippen molar-refractivity contribution < 1.29 is 8.42 Å². The Morgan fingerprint density at radius 2 is 1.84 bits per heavy atom. The maximum atomic E-state index is 12.3. The highest BCUT2D eigenvalue weighted by atomic mass is 32.2. The minimum Gasteiger partial charge on any atom is -0.248 e. The van der Waals surface area contributed by atoms with E-state index in [9.17, 15) is 8.42 Å². The van der Waals surface area contributed by atoms with Crippen LogP contribution < -0.4 is 4.31 Å². The molecule has 0 unspecified atom stereocenters. The van der Waals surface area contributed by atoms with Crippen LogP contribution in [0.25, 0.3) is 0 Å². The van der Waals surface area contributed by atoms with Crippen LogP contribution >= 0.6 is 11.3 Å². The predicted molar refractivity (Wildman–Crippen MR) is 79.1 cm³/mol. The Hall–Kier alpha value is -1.40. The summed E-state index contributed by atoms with van der Waals surface area (Å²) in [6, 6.07) is 9.16. The van der Waals surface area contributed by atoms with Gasteiger partial charge in [0.15, 0.2) is 5.13 Å². The van der Waals surface area contributed by atoms with E-state index in [0.717, 1.165) is 16.1 Å². The molecule has 2 rings (SSSR count). The highest BCUT2D eigenvalue weighted by molar-refractivity contribution is 7.92. The fraction of sp³-hybridized carbons (Fsp3) is 0.308. The summed E-state index contributed by atoms with van der Waals surface area (Å²) in [6.07, 6.45) is 0. The highest BCUT2D eigenvalue weighted by Gasteiger charge is 2.22. The molecule has 0 N–H and O–H groups in total. The normalized spacial score (nSPS) is 11.5. The number of sulfonamides is 1. The molecule has 19 heavy (non-hydrogen) atoms. The van der Waals surface area contributed by atoms with E-state index >= 15 is 0 Å². The summed E-state index contributed by atoms with van der Waals surface area (Å²) in [7, 11) is -1.84. The van der Waals surface area contributed by atoms with Crippen molar-refractivity contribution in [3.63, 3.8) is 0 Å². The van der Waals surface area contributed by atoms with Crippen LogP contribution in [-0.2, 0) is 15.8 Å². The quantitative estimate of drug-likeness (QED) is 0.871. The summed E-state index contributed by atoms with van der Waals surface area (Å²) in [5.41, 5.74) is 1.65. The van der Waals surface area contributed by atoms with Crippen molar-refractivity contribution in [3.8, 4) is 0 Å². The Morgan fingerprint density at radius 3 is 2.37 bits per heavy atom. The Bertz CT molecular complexity index is 644. The minimum atomic E-state index is -3.39. The monoisotopic (exact) mass is 296 g/mol. The summed E-state index contributed by atoms with van der Waals surface area (Å²) in [4.78, 5) is 5.32. The van der Waals surface area contributed by atoms with Gasteiger partial charge < -0.3 is 0 Å². The fourth-order valence-electron chi connectivity index (χ4n) is 1.59. The zero-order valence-corrected chi connectivity index (χ0v) is 12.8. The average Bonchev–Trinajstić information content (AvgIpc) is 2.69. The van der Waals surface area contributed by atoms with Crippen LogP contribution in [0.4, 0.5) is 5.13 Å². The number of benzene rings is 1. The van der Waals surface area contributed by atoms with Gasteiger partial charge in [-0.2, -0.15) is 0 Å². The zero-order chi connectivity index (χ0) is 14.0. The summed E-state index contributed by atoms with van der Waals surface area (Å²) in [5.74, 6) is -0.0119. The van der Waals surface area contributed by atoms with Gasteiger partial charge in [0.2, 0.25) is 10.0 Å². The highest BCUT2D eigenvalue weighted by Crippen LogP contribution is 2.27. The molecule has 0 fully saturated rings. The number of anilines is 1. The van der Waals surface area contributed by atoms with Crippen molar-refractivity contribution in [2.75, 3.05) is 11.4 Å². The molecule has 0 aliphatic carbocycles. The van der Waals surface area contributed by atoms with Crippen LogP contribution in [0, 0.1) is 13.8 Å². The van der Waals surface area contributed by atoms with Crippen LogP contribution in [0.5, 0.6) is 0 Å². The lowest BCUT2D eigenvalue weighted by atomic mass is 10.2. The molecule has 1 aromatic heterocycles. The molecule has 0 amide bonds. The van der Waals surface area contributed by atoms with Gasteiger partial charge in [0, 0.05) is 11.9 Å². The third-order valence-electron chi connectivity index (χ3n) is 2.90. The van der Waals surface area contributed by atoms with E-state index in [0.29, 0.717) is 5.13 Å². The molecule has 1 heterocycles. The van der Waals surface area contributed by atoms with Crippen LogP contribution in [-0.4, -0.2) is 20.4 Å². The number of thiazole rings is 1. The van der Waals surface area contributed by atoms with Gasteiger partial charge in [0.25, 0.3) is 0 Å². The Kier molecular flexibility index (Phi) is 3.91. The first-order chi connectivity index (χ1) is 8.90. The average molecular weight is 296 g/mol. The summed E-state index contributed by atoms with van der Waals surface area (Å²) < 4.78 is 25.9. The van der Waals surface area contributed by atoms with E-state index < -0.39 is 10.0 Å². The third kappa shape index (κ3) is 3.13. The summed E-state index contributed by atoms with van der Waals surface area (Å²) in [5, 5.41) is 0.519. The van der Waals surface area contributed by atoms with E-state index in [4.69, 9.17) is 0 Å². The van der Waals surface area contributed by atoms with E-state index in [1.165, 1.54) is 15.6 Å². The maximum Gasteiger partial charge on any atom is 0.240 e. The second-order valence-electron chi connectivity index (χ2n) is 4.35. The van der Waals surface area contributed by atoms with Crippen LogP contribution in [0.2, 0.25) is 0 Å². The van der Waals surface area contributed by atoms with E-state index in [2.05, 4.69) is 4.98 Å². The number of hydrogen-bond acceptors (Lipinski definition) is 4. The van der Waals surface area contributed by atoms with Gasteiger partial charge in [-0.1, -0.05) is 30.3 Å². The molecule has 0 aliphatic rings. The molecule has 6 heteroatoms. The Balaban J connectivity index is 2.24. The van der Waals surface area contributed by atoms with E-state index in [1.54, 1.807) is 7.05 Å². The largest absolute Gasteiger partial charge is 0.248 e. The lowest BCUT2D eigenvalue weighted by Gasteiger charge is -2.16. The molecule has 0 saturated heterocycles. The summed E-state index contributed by atoms with van der Waals surface area (Å²) in [6.45, 7) is 3.82. The molecule has 4 nitrogen and oxygen atoms in total. The Morgan fingerprint density at radius 1 is 1.21 bits per heavy atom. The lowest BCUT2D eigenvalue weighted by Crippen LogP contribution is -2.27. The number of nitrogens with zero attached hydrogens (tertiary/aromatic N) is 2. The van der Waals surface area contributed by atoms with Crippen LogP contribution in [0.15, 0.2) is 30.3 Å². The van der Waals surface area contributed by atoms with Gasteiger partial charge in [-0.3, -0.25) is 0 Å². The molecule has 102 valence electrons. The first kappa shape index (κ1) is 14.0. The van der Waals surface area contributed by atoms with Crippen molar-refractivity contribution >= 4 is 26.5 Å². The molecule has 1 aromatic carbocycles. The second kappa shape index (κ2) is 5.30. The van der Waals surface area contributed by atoms with Gasteiger partial charge >= 0.3 is 0 Å². The third-order valence-corrected chi connectivity index (χ3v) is 5.87. The predicted octanol–water partition coefficient (Wildman–Crippen LogP) is 2.73. The molecule has 0 saturated carbocycles. The Labute approximate surface area is 117 Å². The van der Waals surface area contributed by atoms with Gasteiger partial charge in [-0.25, -0.2) is 17.7 Å². The summed E-state index contributed by atoms with van der Waals surface area (Å²) >= 11 is 1.40. The van der Waals surface area contributed by atoms with Gasteiger partial charge in [-0.15, -0.1) is 11.3 Å². The first-order valence-corrected chi connectivity index (χ1v) is 8.27. The molecule has 0 radical (unpaired) electrons. The molecular weight excluding hydrogens is 280 g/mol. The molecular formula is C13H16N2O2S2. The minimum absolute atomic E-state index is 0.0119. The van der Waals surface area contributed by atoms with Crippen molar-refractivity contribution in [1.82, 2.24) is 4.98 Å². The van der Waals surface area contributed by atoms with E-state index in [1.807, 2.05) is 44.2 Å². The molecule has 0 bridgehead atoms. The number of hydrogen-bond donors (Lipinski definition) is 0. The molecule has 0 aliphatic heterocycles. The van der Waals surface area contributed by atoms with Gasteiger partial charge in [-0.05, 0) is 19.4 Å². The van der Waals surface area contributed by atoms with Gasteiger partial charge in [0.1, 0.15) is 0 Å². The molecule has 0 atom stereocenters. The molecule has 0 spiro atoms. The first-order valence-electron chi connectivity index (χ1n) is 5.85.